The zero-order valence-corrected chi connectivity index (χ0v) is 17.7. The van der Waals surface area contributed by atoms with Gasteiger partial charge >= 0.3 is 0 Å². The Bertz CT molecular complexity index is 1190. The van der Waals surface area contributed by atoms with Gasteiger partial charge in [-0.05, 0) is 48.5 Å². The van der Waals surface area contributed by atoms with Crippen LogP contribution < -0.4 is 9.64 Å². The summed E-state index contributed by atoms with van der Waals surface area (Å²) < 4.78 is 6.92. The second-order valence-corrected chi connectivity index (χ2v) is 7.10. The minimum atomic E-state index is -0.198. The summed E-state index contributed by atoms with van der Waals surface area (Å²) in [6, 6.07) is 28.6. The van der Waals surface area contributed by atoms with E-state index < -0.39 is 0 Å². The Morgan fingerprint density at radius 1 is 0.969 bits per heavy atom. The Morgan fingerprint density at radius 2 is 1.56 bits per heavy atom. The fourth-order valence-corrected chi connectivity index (χ4v) is 3.48. The van der Waals surface area contributed by atoms with Crippen LogP contribution in [0.5, 0.6) is 5.75 Å². The molecule has 0 aliphatic rings. The first-order valence-electron chi connectivity index (χ1n) is 10.2. The van der Waals surface area contributed by atoms with Gasteiger partial charge in [0.1, 0.15) is 11.4 Å². The van der Waals surface area contributed by atoms with E-state index in [0.717, 1.165) is 22.7 Å². The second kappa shape index (κ2) is 9.63. The van der Waals surface area contributed by atoms with Gasteiger partial charge in [-0.3, -0.25) is 14.4 Å². The maximum atomic E-state index is 13.9. The first-order chi connectivity index (χ1) is 15.7. The van der Waals surface area contributed by atoms with Gasteiger partial charge in [-0.15, -0.1) is 0 Å². The monoisotopic (exact) mass is 422 g/mol. The summed E-state index contributed by atoms with van der Waals surface area (Å²) in [6.07, 6.45) is 2.02. The molecule has 0 unspecified atom stereocenters. The number of para-hydroxylation sites is 2. The molecule has 32 heavy (non-hydrogen) atoms. The zero-order chi connectivity index (χ0) is 22.3. The molecule has 4 aromatic rings. The molecular weight excluding hydrogens is 400 g/mol. The number of nitrogens with zero attached hydrogens (tertiary/aromatic N) is 4. The molecule has 0 aliphatic carbocycles. The molecule has 0 spiro atoms. The van der Waals surface area contributed by atoms with Crippen molar-refractivity contribution in [3.05, 3.63) is 96.7 Å². The Balaban J connectivity index is 1.82. The highest BCUT2D eigenvalue weighted by molar-refractivity contribution is 6.13. The summed E-state index contributed by atoms with van der Waals surface area (Å²) >= 11 is 0. The molecule has 0 saturated heterocycles. The smallest absolute Gasteiger partial charge is 0.266 e. The maximum Gasteiger partial charge on any atom is 0.266 e. The van der Waals surface area contributed by atoms with Gasteiger partial charge in [0.25, 0.3) is 5.91 Å². The lowest BCUT2D eigenvalue weighted by Crippen LogP contribution is -2.26. The van der Waals surface area contributed by atoms with Crippen LogP contribution in [0.25, 0.3) is 11.3 Å². The number of anilines is 2. The number of carbonyl (C=O) groups excluding carboxylic acids is 1. The van der Waals surface area contributed by atoms with E-state index in [0.29, 0.717) is 24.2 Å². The minimum Gasteiger partial charge on any atom is -0.497 e. The van der Waals surface area contributed by atoms with Gasteiger partial charge in [0.05, 0.1) is 31.7 Å². The van der Waals surface area contributed by atoms with Crippen LogP contribution in [0.4, 0.5) is 11.4 Å². The quantitative estimate of drug-likeness (QED) is 0.397. The van der Waals surface area contributed by atoms with Crippen LogP contribution in [0.3, 0.4) is 0 Å². The van der Waals surface area contributed by atoms with Crippen molar-refractivity contribution < 1.29 is 9.53 Å². The van der Waals surface area contributed by atoms with Gasteiger partial charge in [0.15, 0.2) is 0 Å². The largest absolute Gasteiger partial charge is 0.497 e. The Morgan fingerprint density at radius 3 is 2.09 bits per heavy atom. The molecule has 0 bridgehead atoms. The third-order valence-electron chi connectivity index (χ3n) is 5.04. The summed E-state index contributed by atoms with van der Waals surface area (Å²) in [4.78, 5) is 15.6. The van der Waals surface area contributed by atoms with Crippen molar-refractivity contribution in [3.63, 3.8) is 0 Å². The number of nitriles is 1. The van der Waals surface area contributed by atoms with E-state index in [1.807, 2.05) is 84.9 Å². The number of rotatable bonds is 7. The molecule has 0 N–H and O–H groups in total. The third kappa shape index (κ3) is 4.37. The van der Waals surface area contributed by atoms with Crippen molar-refractivity contribution in [1.29, 1.82) is 5.26 Å². The predicted molar refractivity (Wildman–Crippen MR) is 124 cm³/mol. The lowest BCUT2D eigenvalue weighted by atomic mass is 10.1. The number of carbonyl (C=O) groups is 1. The van der Waals surface area contributed by atoms with E-state index in [1.54, 1.807) is 22.9 Å². The molecule has 1 amide bonds. The van der Waals surface area contributed by atoms with Crippen molar-refractivity contribution >= 4 is 17.3 Å². The van der Waals surface area contributed by atoms with E-state index in [1.165, 1.54) is 0 Å². The lowest BCUT2D eigenvalue weighted by molar-refractivity contribution is 0.1000. The topological polar surface area (TPSA) is 71.1 Å². The van der Waals surface area contributed by atoms with Crippen LogP contribution in [0, 0.1) is 11.3 Å². The van der Waals surface area contributed by atoms with Gasteiger partial charge in [0.2, 0.25) is 0 Å². The van der Waals surface area contributed by atoms with E-state index in [-0.39, 0.29) is 5.91 Å². The van der Waals surface area contributed by atoms with E-state index >= 15 is 0 Å². The molecule has 3 aromatic carbocycles. The van der Waals surface area contributed by atoms with Gasteiger partial charge in [-0.1, -0.05) is 36.4 Å². The summed E-state index contributed by atoms with van der Waals surface area (Å²) in [5.74, 6) is 0.525. The summed E-state index contributed by atoms with van der Waals surface area (Å²) in [6.45, 7) is 0.406. The Hall–Kier alpha value is -4.37. The fourth-order valence-electron chi connectivity index (χ4n) is 3.48. The highest BCUT2D eigenvalue weighted by atomic mass is 16.5. The molecular formula is C26H22N4O2. The number of aromatic nitrogens is 2. The molecule has 1 aromatic heterocycles. The summed E-state index contributed by atoms with van der Waals surface area (Å²) in [5.41, 5.74) is 3.34. The highest BCUT2D eigenvalue weighted by Gasteiger charge is 2.25. The van der Waals surface area contributed by atoms with Crippen molar-refractivity contribution in [3.8, 4) is 23.1 Å². The van der Waals surface area contributed by atoms with E-state index in [4.69, 9.17) is 10.00 Å². The average molecular weight is 422 g/mol. The van der Waals surface area contributed by atoms with Gasteiger partial charge in [0, 0.05) is 23.1 Å². The molecule has 0 aliphatic heterocycles. The number of hydrogen-bond donors (Lipinski definition) is 0. The SMILES string of the molecule is COc1ccc(-c2nn(CCC#N)cc2C(=O)N(c2ccccc2)c2ccccc2)cc1. The highest BCUT2D eigenvalue weighted by Crippen LogP contribution is 2.31. The molecule has 0 radical (unpaired) electrons. The zero-order valence-electron chi connectivity index (χ0n) is 17.7. The molecule has 0 fully saturated rings. The Kier molecular flexibility index (Phi) is 6.28. The molecule has 0 saturated carbocycles. The number of aryl methyl sites for hydroxylation is 1. The summed E-state index contributed by atoms with van der Waals surface area (Å²) in [7, 11) is 1.61. The van der Waals surface area contributed by atoms with Crippen LogP contribution in [-0.4, -0.2) is 22.8 Å². The molecule has 0 atom stereocenters. The first kappa shape index (κ1) is 20.9. The normalized spacial score (nSPS) is 10.4. The minimum absolute atomic E-state index is 0.198. The molecule has 1 heterocycles. The second-order valence-electron chi connectivity index (χ2n) is 7.10. The van der Waals surface area contributed by atoms with Crippen LogP contribution in [0.2, 0.25) is 0 Å². The number of ether oxygens (including phenoxy) is 1. The van der Waals surface area contributed by atoms with Crippen molar-refractivity contribution in [2.75, 3.05) is 12.0 Å². The molecule has 6 nitrogen and oxygen atoms in total. The van der Waals surface area contributed by atoms with Crippen LogP contribution in [-0.2, 0) is 6.54 Å². The average Bonchev–Trinajstić information content (AvgIpc) is 3.28. The standard InChI is InChI=1S/C26H22N4O2/c1-32-23-15-13-20(14-16-23)25-24(19-29(28-25)18-8-17-27)26(31)30(21-9-4-2-5-10-21)22-11-6-3-7-12-22/h2-7,9-16,19H,8,18H2,1H3. The van der Waals surface area contributed by atoms with Gasteiger partial charge in [-0.25, -0.2) is 0 Å². The molecule has 6 heteroatoms. The van der Waals surface area contributed by atoms with Crippen LogP contribution in [0.15, 0.2) is 91.1 Å². The van der Waals surface area contributed by atoms with Crippen molar-refractivity contribution in [2.45, 2.75) is 13.0 Å². The van der Waals surface area contributed by atoms with Crippen molar-refractivity contribution in [2.24, 2.45) is 0 Å². The number of amides is 1. The predicted octanol–water partition coefficient (Wildman–Crippen LogP) is 5.45. The Labute approximate surface area is 186 Å². The summed E-state index contributed by atoms with van der Waals surface area (Å²) in [5, 5.41) is 13.6. The van der Waals surface area contributed by atoms with Gasteiger partial charge < -0.3 is 4.74 Å². The number of hydrogen-bond acceptors (Lipinski definition) is 4. The van der Waals surface area contributed by atoms with Gasteiger partial charge in [-0.2, -0.15) is 10.4 Å². The third-order valence-corrected chi connectivity index (χ3v) is 5.04. The lowest BCUT2D eigenvalue weighted by Gasteiger charge is -2.23. The molecule has 158 valence electrons. The van der Waals surface area contributed by atoms with Crippen LogP contribution >= 0.6 is 0 Å². The van der Waals surface area contributed by atoms with E-state index in [9.17, 15) is 4.79 Å². The maximum absolute atomic E-state index is 13.9. The van der Waals surface area contributed by atoms with Crippen molar-refractivity contribution in [1.82, 2.24) is 9.78 Å². The molecule has 4 rings (SSSR count). The van der Waals surface area contributed by atoms with Crippen LogP contribution in [0.1, 0.15) is 16.8 Å². The number of methoxy groups -OCH3 is 1. The first-order valence-corrected chi connectivity index (χ1v) is 10.2. The fraction of sp³-hybridized carbons (Fsp3) is 0.115. The van der Waals surface area contributed by atoms with E-state index in [2.05, 4.69) is 11.2 Å². The number of benzene rings is 3.